The van der Waals surface area contributed by atoms with Crippen LogP contribution in [0.25, 0.3) is 5.69 Å². The average molecular weight is 328 g/mol. The quantitative estimate of drug-likeness (QED) is 0.847. The molecular weight excluding hydrogens is 308 g/mol. The molecule has 1 N–H and O–H groups in total. The van der Waals surface area contributed by atoms with Gasteiger partial charge in [-0.3, -0.25) is 4.79 Å². The Balaban J connectivity index is 1.28. The Morgan fingerprint density at radius 3 is 2.67 bits per heavy atom. The molecule has 8 heteroatoms. The van der Waals surface area contributed by atoms with Crippen LogP contribution in [0.15, 0.2) is 30.6 Å². The zero-order chi connectivity index (χ0) is 16.4. The predicted molar refractivity (Wildman–Crippen MR) is 85.7 cm³/mol. The number of nitrogens with one attached hydrogen (secondary N) is 1. The lowest BCUT2D eigenvalue weighted by Crippen LogP contribution is -2.57. The van der Waals surface area contributed by atoms with E-state index in [4.69, 9.17) is 4.74 Å². The summed E-state index contributed by atoms with van der Waals surface area (Å²) >= 11 is 0. The number of aromatic nitrogens is 4. The fourth-order valence-corrected chi connectivity index (χ4v) is 3.50. The number of carbonyl (C=O) groups is 1. The second-order valence-corrected chi connectivity index (χ2v) is 6.35. The van der Waals surface area contributed by atoms with Gasteiger partial charge < -0.3 is 15.0 Å². The first kappa shape index (κ1) is 15.1. The molecule has 0 radical (unpaired) electrons. The molecule has 4 heterocycles. The van der Waals surface area contributed by atoms with Crippen LogP contribution in [0.1, 0.15) is 12.8 Å². The molecule has 1 atom stereocenters. The van der Waals surface area contributed by atoms with Crippen molar-refractivity contribution < 1.29 is 9.53 Å². The smallest absolute Gasteiger partial charge is 0.258 e. The van der Waals surface area contributed by atoms with Gasteiger partial charge in [0.1, 0.15) is 12.1 Å². The van der Waals surface area contributed by atoms with Gasteiger partial charge in [0.2, 0.25) is 0 Å². The van der Waals surface area contributed by atoms with E-state index in [-0.39, 0.29) is 18.6 Å². The second kappa shape index (κ2) is 6.56. The van der Waals surface area contributed by atoms with Crippen molar-refractivity contribution in [1.82, 2.24) is 30.4 Å². The lowest BCUT2D eigenvalue weighted by atomic mass is 9.84. The van der Waals surface area contributed by atoms with Crippen LogP contribution in [-0.4, -0.2) is 63.3 Å². The summed E-state index contributed by atoms with van der Waals surface area (Å²) in [6.45, 7) is 3.34. The van der Waals surface area contributed by atoms with Gasteiger partial charge in [-0.15, -0.1) is 5.10 Å². The molecule has 5 rings (SSSR count). The molecule has 3 saturated heterocycles. The largest absolute Gasteiger partial charge is 0.484 e. The van der Waals surface area contributed by atoms with Gasteiger partial charge >= 0.3 is 0 Å². The van der Waals surface area contributed by atoms with Gasteiger partial charge in [-0.1, -0.05) is 0 Å². The van der Waals surface area contributed by atoms with Crippen LogP contribution in [-0.2, 0) is 4.79 Å². The van der Waals surface area contributed by atoms with Crippen molar-refractivity contribution in [2.75, 3.05) is 26.2 Å². The molecule has 2 aromatic rings. The lowest BCUT2D eigenvalue weighted by Gasteiger charge is -2.44. The summed E-state index contributed by atoms with van der Waals surface area (Å²) in [4.78, 5) is 14.5. The third kappa shape index (κ3) is 3.23. The molecular formula is C16H20N6O2. The number of nitrogens with zero attached hydrogens (tertiary/aromatic N) is 5. The SMILES string of the molecule is O=C(COc1ccc(-n2cnnn2)cc1)NC1CN2CCC1CC2. The Morgan fingerprint density at radius 2 is 2.04 bits per heavy atom. The summed E-state index contributed by atoms with van der Waals surface area (Å²) in [6.07, 6.45) is 3.89. The number of ether oxygens (including phenoxy) is 1. The first-order valence-electron chi connectivity index (χ1n) is 8.26. The van der Waals surface area contributed by atoms with E-state index >= 15 is 0 Å². The highest BCUT2D eigenvalue weighted by Gasteiger charge is 2.34. The van der Waals surface area contributed by atoms with Gasteiger partial charge in [0, 0.05) is 12.6 Å². The average Bonchev–Trinajstić information content (AvgIpc) is 3.16. The molecule has 1 aromatic heterocycles. The van der Waals surface area contributed by atoms with E-state index in [0.29, 0.717) is 11.7 Å². The Kier molecular flexibility index (Phi) is 4.12. The van der Waals surface area contributed by atoms with E-state index in [1.165, 1.54) is 32.3 Å². The highest BCUT2D eigenvalue weighted by molar-refractivity contribution is 5.78. The van der Waals surface area contributed by atoms with Crippen molar-refractivity contribution in [3.05, 3.63) is 30.6 Å². The zero-order valence-electron chi connectivity index (χ0n) is 13.3. The minimum Gasteiger partial charge on any atom is -0.484 e. The third-order valence-electron chi connectivity index (χ3n) is 4.82. The number of piperidine rings is 3. The summed E-state index contributed by atoms with van der Waals surface area (Å²) < 4.78 is 7.13. The van der Waals surface area contributed by atoms with Crippen LogP contribution >= 0.6 is 0 Å². The molecule has 24 heavy (non-hydrogen) atoms. The van der Waals surface area contributed by atoms with Gasteiger partial charge in [-0.05, 0) is 66.5 Å². The maximum atomic E-state index is 12.1. The fourth-order valence-electron chi connectivity index (χ4n) is 3.50. The van der Waals surface area contributed by atoms with Gasteiger partial charge in [-0.2, -0.15) is 0 Å². The number of benzene rings is 1. The minimum atomic E-state index is -0.0571. The Morgan fingerprint density at radius 1 is 1.25 bits per heavy atom. The van der Waals surface area contributed by atoms with Crippen molar-refractivity contribution in [3.8, 4) is 11.4 Å². The van der Waals surface area contributed by atoms with E-state index in [1.54, 1.807) is 16.8 Å². The number of rotatable bonds is 5. The highest BCUT2D eigenvalue weighted by atomic mass is 16.5. The molecule has 1 unspecified atom stereocenters. The summed E-state index contributed by atoms with van der Waals surface area (Å²) in [5.74, 6) is 1.21. The number of hydrogen-bond donors (Lipinski definition) is 1. The highest BCUT2D eigenvalue weighted by Crippen LogP contribution is 2.27. The van der Waals surface area contributed by atoms with Gasteiger partial charge in [-0.25, -0.2) is 4.68 Å². The van der Waals surface area contributed by atoms with Crippen LogP contribution < -0.4 is 10.1 Å². The number of fused-ring (bicyclic) bond motifs is 3. The fraction of sp³-hybridized carbons (Fsp3) is 0.500. The molecule has 0 aliphatic carbocycles. The van der Waals surface area contributed by atoms with Crippen molar-refractivity contribution in [1.29, 1.82) is 0 Å². The maximum absolute atomic E-state index is 12.1. The predicted octanol–water partition coefficient (Wildman–Crippen LogP) is 0.251. The Bertz CT molecular complexity index is 679. The summed E-state index contributed by atoms with van der Waals surface area (Å²) in [6, 6.07) is 7.57. The van der Waals surface area contributed by atoms with Crippen molar-refractivity contribution in [3.63, 3.8) is 0 Å². The molecule has 1 amide bonds. The van der Waals surface area contributed by atoms with Gasteiger partial charge in [0.25, 0.3) is 5.91 Å². The zero-order valence-corrected chi connectivity index (χ0v) is 13.3. The molecule has 0 spiro atoms. The first-order chi connectivity index (χ1) is 11.8. The van der Waals surface area contributed by atoms with Crippen molar-refractivity contribution >= 4 is 5.91 Å². The molecule has 3 aliphatic rings. The van der Waals surface area contributed by atoms with Gasteiger partial charge in [0.15, 0.2) is 6.61 Å². The molecule has 1 aromatic carbocycles. The van der Waals surface area contributed by atoms with Crippen molar-refractivity contribution in [2.24, 2.45) is 5.92 Å². The van der Waals surface area contributed by atoms with Crippen LogP contribution in [0.2, 0.25) is 0 Å². The summed E-state index contributed by atoms with van der Waals surface area (Å²) in [5, 5.41) is 14.1. The molecule has 3 fully saturated rings. The number of amides is 1. The molecule has 2 bridgehead atoms. The molecule has 0 saturated carbocycles. The van der Waals surface area contributed by atoms with E-state index in [1.807, 2.05) is 12.1 Å². The maximum Gasteiger partial charge on any atom is 0.258 e. The van der Waals surface area contributed by atoms with E-state index in [0.717, 1.165) is 12.2 Å². The molecule has 126 valence electrons. The van der Waals surface area contributed by atoms with Crippen molar-refractivity contribution in [2.45, 2.75) is 18.9 Å². The molecule has 8 nitrogen and oxygen atoms in total. The van der Waals surface area contributed by atoms with E-state index in [2.05, 4.69) is 25.7 Å². The van der Waals surface area contributed by atoms with E-state index < -0.39 is 0 Å². The minimum absolute atomic E-state index is 0.0352. The van der Waals surface area contributed by atoms with E-state index in [9.17, 15) is 4.79 Å². The lowest BCUT2D eigenvalue weighted by molar-refractivity contribution is -0.125. The number of carbonyl (C=O) groups excluding carboxylic acids is 1. The van der Waals surface area contributed by atoms with Crippen LogP contribution in [0.4, 0.5) is 0 Å². The Labute approximate surface area is 139 Å². The third-order valence-corrected chi connectivity index (χ3v) is 4.82. The Hall–Kier alpha value is -2.48. The topological polar surface area (TPSA) is 85.2 Å². The standard InChI is InChI=1S/C16H20N6O2/c23-16(18-15-9-21-7-5-12(15)6-8-21)10-24-14-3-1-13(2-4-14)22-11-17-19-20-22/h1-4,11-12,15H,5-10H2,(H,18,23). The van der Waals surface area contributed by atoms with Crippen LogP contribution in [0.3, 0.4) is 0 Å². The van der Waals surface area contributed by atoms with Crippen LogP contribution in [0, 0.1) is 5.92 Å². The van der Waals surface area contributed by atoms with Gasteiger partial charge in [0.05, 0.1) is 5.69 Å². The normalized spacial score (nSPS) is 25.4. The first-order valence-corrected chi connectivity index (χ1v) is 8.26. The monoisotopic (exact) mass is 328 g/mol. The second-order valence-electron chi connectivity index (χ2n) is 6.35. The number of hydrogen-bond acceptors (Lipinski definition) is 6. The summed E-state index contributed by atoms with van der Waals surface area (Å²) in [5.41, 5.74) is 0.837. The molecule has 3 aliphatic heterocycles. The number of tetrazole rings is 1. The summed E-state index contributed by atoms with van der Waals surface area (Å²) in [7, 11) is 0. The van der Waals surface area contributed by atoms with Crippen LogP contribution in [0.5, 0.6) is 5.75 Å².